The SMILES string of the molecule is FC(F)C(F)(F)c1n[nH]c(C(F)(F)F)n1. The molecule has 10 heteroatoms. The second-order valence-electron chi connectivity index (χ2n) is 2.43. The van der Waals surface area contributed by atoms with Gasteiger partial charge in [0.1, 0.15) is 0 Å². The molecule has 1 heterocycles. The Kier molecular flexibility index (Phi) is 2.62. The van der Waals surface area contributed by atoms with Crippen molar-refractivity contribution in [3.05, 3.63) is 11.6 Å². The predicted octanol–water partition coefficient (Wildman–Crippen LogP) is 2.18. The first-order chi connectivity index (χ1) is 6.65. The van der Waals surface area contributed by atoms with Crippen molar-refractivity contribution in [2.24, 2.45) is 0 Å². The number of hydrogen-bond acceptors (Lipinski definition) is 2. The zero-order valence-corrected chi connectivity index (χ0v) is 6.62. The van der Waals surface area contributed by atoms with E-state index in [1.54, 1.807) is 0 Å². The van der Waals surface area contributed by atoms with Crippen molar-refractivity contribution in [1.29, 1.82) is 0 Å². The van der Waals surface area contributed by atoms with Crippen LogP contribution in [0.15, 0.2) is 0 Å². The standard InChI is InChI=1S/C5H2F7N3/c6-1(7)4(8,9)2-13-3(15-14-2)5(10,11)12/h1H,(H,13,14,15). The van der Waals surface area contributed by atoms with E-state index in [2.05, 4.69) is 10.1 Å². The molecular formula is C5H2F7N3. The highest BCUT2D eigenvalue weighted by atomic mass is 19.4. The molecule has 0 spiro atoms. The molecule has 0 bridgehead atoms. The average molecular weight is 237 g/mol. The van der Waals surface area contributed by atoms with Crippen molar-refractivity contribution in [1.82, 2.24) is 15.2 Å². The van der Waals surface area contributed by atoms with E-state index in [4.69, 9.17) is 0 Å². The molecule has 0 fully saturated rings. The molecule has 3 nitrogen and oxygen atoms in total. The Morgan fingerprint density at radius 1 is 1.07 bits per heavy atom. The monoisotopic (exact) mass is 237 g/mol. The first-order valence-electron chi connectivity index (χ1n) is 3.31. The van der Waals surface area contributed by atoms with E-state index in [0.29, 0.717) is 0 Å². The van der Waals surface area contributed by atoms with Crippen LogP contribution in [0, 0.1) is 0 Å². The zero-order chi connectivity index (χ0) is 11.9. The van der Waals surface area contributed by atoms with Gasteiger partial charge in [0.05, 0.1) is 0 Å². The van der Waals surface area contributed by atoms with Gasteiger partial charge in [0.15, 0.2) is 0 Å². The molecule has 0 saturated carbocycles. The van der Waals surface area contributed by atoms with Gasteiger partial charge in [-0.1, -0.05) is 0 Å². The summed E-state index contributed by atoms with van der Waals surface area (Å²) >= 11 is 0. The second-order valence-corrected chi connectivity index (χ2v) is 2.43. The molecule has 0 atom stereocenters. The van der Waals surface area contributed by atoms with E-state index in [-0.39, 0.29) is 0 Å². The maximum atomic E-state index is 12.4. The van der Waals surface area contributed by atoms with Crippen molar-refractivity contribution in [2.45, 2.75) is 18.5 Å². The van der Waals surface area contributed by atoms with E-state index in [1.807, 2.05) is 0 Å². The van der Waals surface area contributed by atoms with Gasteiger partial charge >= 0.3 is 18.5 Å². The van der Waals surface area contributed by atoms with Crippen LogP contribution in [0.25, 0.3) is 0 Å². The number of aromatic amines is 1. The van der Waals surface area contributed by atoms with Crippen LogP contribution in [0.2, 0.25) is 0 Å². The van der Waals surface area contributed by atoms with E-state index in [9.17, 15) is 30.7 Å². The Balaban J connectivity index is 3.04. The molecule has 1 rings (SSSR count). The summed E-state index contributed by atoms with van der Waals surface area (Å²) in [7, 11) is 0. The van der Waals surface area contributed by atoms with Crippen LogP contribution in [-0.4, -0.2) is 21.6 Å². The fourth-order valence-corrected chi connectivity index (χ4v) is 0.635. The highest BCUT2D eigenvalue weighted by Crippen LogP contribution is 2.34. The van der Waals surface area contributed by atoms with Gasteiger partial charge in [0.25, 0.3) is 0 Å². The topological polar surface area (TPSA) is 41.6 Å². The molecule has 1 N–H and O–H groups in total. The maximum Gasteiger partial charge on any atom is 0.451 e. The number of H-pyrrole nitrogens is 1. The van der Waals surface area contributed by atoms with Crippen LogP contribution in [0.4, 0.5) is 30.7 Å². The Bertz CT molecular complexity index is 341. The van der Waals surface area contributed by atoms with Crippen molar-refractivity contribution >= 4 is 0 Å². The molecule has 1 aromatic rings. The molecule has 1 aromatic heterocycles. The van der Waals surface area contributed by atoms with Gasteiger partial charge in [0, 0.05) is 0 Å². The van der Waals surface area contributed by atoms with Crippen LogP contribution in [-0.2, 0) is 12.1 Å². The fourth-order valence-electron chi connectivity index (χ4n) is 0.635. The van der Waals surface area contributed by atoms with Crippen molar-refractivity contribution < 1.29 is 30.7 Å². The van der Waals surface area contributed by atoms with E-state index in [1.165, 1.54) is 0 Å². The summed E-state index contributed by atoms with van der Waals surface area (Å²) in [6, 6.07) is 0. The Morgan fingerprint density at radius 2 is 1.60 bits per heavy atom. The number of nitrogens with one attached hydrogen (secondary N) is 1. The third-order valence-corrected chi connectivity index (χ3v) is 1.33. The lowest BCUT2D eigenvalue weighted by atomic mass is 10.3. The Labute approximate surface area is 77.3 Å². The van der Waals surface area contributed by atoms with Gasteiger partial charge in [-0.2, -0.15) is 27.1 Å². The number of rotatable bonds is 2. The summed E-state index contributed by atoms with van der Waals surface area (Å²) in [5.74, 6) is -8.54. The number of halogens is 7. The lowest BCUT2D eigenvalue weighted by Gasteiger charge is -2.09. The first-order valence-corrected chi connectivity index (χ1v) is 3.31. The zero-order valence-electron chi connectivity index (χ0n) is 6.62. The Hall–Kier alpha value is -1.35. The largest absolute Gasteiger partial charge is 0.451 e. The molecule has 0 unspecified atom stereocenters. The molecule has 86 valence electrons. The number of hydrogen-bond donors (Lipinski definition) is 1. The van der Waals surface area contributed by atoms with Crippen LogP contribution in [0.5, 0.6) is 0 Å². The minimum atomic E-state index is -5.04. The van der Waals surface area contributed by atoms with Gasteiger partial charge in [-0.05, 0) is 0 Å². The number of aromatic nitrogens is 3. The molecule has 0 aliphatic heterocycles. The Morgan fingerprint density at radius 3 is 1.93 bits per heavy atom. The summed E-state index contributed by atoms with van der Waals surface area (Å²) in [6.07, 6.45) is -9.21. The smallest absolute Gasteiger partial charge is 0.255 e. The highest BCUT2D eigenvalue weighted by molar-refractivity contribution is 5.01. The lowest BCUT2D eigenvalue weighted by Crippen LogP contribution is -2.25. The molecular weight excluding hydrogens is 235 g/mol. The van der Waals surface area contributed by atoms with E-state index < -0.39 is 30.2 Å². The fraction of sp³-hybridized carbons (Fsp3) is 0.600. The predicted molar refractivity (Wildman–Crippen MR) is 31.3 cm³/mol. The molecule has 0 aliphatic carbocycles. The van der Waals surface area contributed by atoms with Crippen molar-refractivity contribution in [3.63, 3.8) is 0 Å². The van der Waals surface area contributed by atoms with Gasteiger partial charge < -0.3 is 0 Å². The molecule has 0 aliphatic rings. The minimum absolute atomic E-state index is 1.11. The minimum Gasteiger partial charge on any atom is -0.255 e. The first kappa shape index (κ1) is 11.7. The highest BCUT2D eigenvalue weighted by Gasteiger charge is 2.48. The summed E-state index contributed by atoms with van der Waals surface area (Å²) in [5.41, 5.74) is 0. The molecule has 15 heavy (non-hydrogen) atoms. The third-order valence-electron chi connectivity index (χ3n) is 1.33. The van der Waals surface area contributed by atoms with Crippen LogP contribution >= 0.6 is 0 Å². The quantitative estimate of drug-likeness (QED) is 0.801. The number of alkyl halides is 7. The second kappa shape index (κ2) is 3.35. The lowest BCUT2D eigenvalue weighted by molar-refractivity contribution is -0.148. The average Bonchev–Trinajstić information content (AvgIpc) is 2.50. The van der Waals surface area contributed by atoms with Gasteiger partial charge in [-0.25, -0.2) is 13.8 Å². The maximum absolute atomic E-state index is 12.4. The normalized spacial score (nSPS) is 13.6. The van der Waals surface area contributed by atoms with Gasteiger partial charge in [-0.15, -0.1) is 0 Å². The summed E-state index contributed by atoms with van der Waals surface area (Å²) < 4.78 is 83.7. The van der Waals surface area contributed by atoms with E-state index in [0.717, 1.165) is 5.10 Å². The van der Waals surface area contributed by atoms with Crippen LogP contribution < -0.4 is 0 Å². The van der Waals surface area contributed by atoms with Gasteiger partial charge in [0.2, 0.25) is 11.6 Å². The van der Waals surface area contributed by atoms with Crippen molar-refractivity contribution in [3.8, 4) is 0 Å². The van der Waals surface area contributed by atoms with Crippen LogP contribution in [0.3, 0.4) is 0 Å². The van der Waals surface area contributed by atoms with E-state index >= 15 is 0 Å². The third kappa shape index (κ3) is 2.18. The van der Waals surface area contributed by atoms with Crippen molar-refractivity contribution in [2.75, 3.05) is 0 Å². The number of nitrogens with zero attached hydrogens (tertiary/aromatic N) is 2. The van der Waals surface area contributed by atoms with Crippen LogP contribution in [0.1, 0.15) is 11.6 Å². The molecule has 0 saturated heterocycles. The molecule has 0 radical (unpaired) electrons. The summed E-state index contributed by atoms with van der Waals surface area (Å²) in [6.45, 7) is 0. The van der Waals surface area contributed by atoms with Gasteiger partial charge in [-0.3, -0.25) is 5.10 Å². The molecule has 0 amide bonds. The molecule has 0 aromatic carbocycles. The summed E-state index contributed by atoms with van der Waals surface area (Å²) in [4.78, 5) is 2.25. The summed E-state index contributed by atoms with van der Waals surface area (Å²) in [5, 5.41) is 3.50.